The van der Waals surface area contributed by atoms with E-state index in [0.29, 0.717) is 0 Å². The monoisotopic (exact) mass is 285 g/mol. The van der Waals surface area contributed by atoms with Crippen molar-refractivity contribution < 1.29 is 9.90 Å². The van der Waals surface area contributed by atoms with Gasteiger partial charge in [0.25, 0.3) is 0 Å². The molecule has 1 atom stereocenters. The number of carboxylic acid groups (broad SMARTS) is 1. The van der Waals surface area contributed by atoms with Crippen molar-refractivity contribution in [3.8, 4) is 0 Å². The summed E-state index contributed by atoms with van der Waals surface area (Å²) >= 11 is 0. The normalized spacial score (nSPS) is 11.7. The van der Waals surface area contributed by atoms with Gasteiger partial charge in [0, 0.05) is 5.97 Å². The van der Waals surface area contributed by atoms with Crippen LogP contribution >= 0.6 is 0 Å². The molecule has 1 unspecified atom stereocenters. The van der Waals surface area contributed by atoms with Crippen LogP contribution in [-0.4, -0.2) is 5.97 Å². The Labute approximate surface area is 126 Å². The van der Waals surface area contributed by atoms with E-state index in [9.17, 15) is 9.90 Å². The average Bonchev–Trinajstić information content (AvgIpc) is 2.48. The van der Waals surface area contributed by atoms with Gasteiger partial charge in [0.1, 0.15) is 0 Å². The van der Waals surface area contributed by atoms with E-state index in [2.05, 4.69) is 0 Å². The van der Waals surface area contributed by atoms with Crippen LogP contribution in [0.3, 0.4) is 0 Å². The molecule has 112 valence electrons. The van der Waals surface area contributed by atoms with E-state index in [-0.39, 0.29) is 12.1 Å². The maximum absolute atomic E-state index is 11.2. The predicted molar refractivity (Wildman–Crippen MR) is 83.9 cm³/mol. The Morgan fingerprint density at radius 2 is 1.29 bits per heavy atom. The van der Waals surface area contributed by atoms with E-state index in [1.807, 2.05) is 60.7 Å². The quantitative estimate of drug-likeness (QED) is 0.886. The molecule has 0 bridgehead atoms. The van der Waals surface area contributed by atoms with Gasteiger partial charge >= 0.3 is 0 Å². The van der Waals surface area contributed by atoms with Gasteiger partial charge < -0.3 is 16.1 Å². The molecule has 2 rings (SSSR count). The number of carbonyl (C=O) groups is 1. The molecule has 0 spiro atoms. The number of quaternary nitrogens is 1. The van der Waals surface area contributed by atoms with Crippen LogP contribution < -0.4 is 11.3 Å². The van der Waals surface area contributed by atoms with Gasteiger partial charge in [-0.05, 0) is 35.8 Å². The third kappa shape index (κ3) is 5.04. The highest BCUT2D eigenvalue weighted by atomic mass is 16.4. The van der Waals surface area contributed by atoms with Crippen LogP contribution in [0.15, 0.2) is 60.7 Å². The minimum Gasteiger partial charge on any atom is -0.550 e. The molecule has 2 aromatic carbocycles. The number of aliphatic carboxylic acids is 1. The number of hydrogen-bond acceptors (Lipinski definition) is 2. The van der Waals surface area contributed by atoms with Crippen molar-refractivity contribution in [3.05, 3.63) is 71.8 Å². The number of carboxylic acids is 1. The van der Waals surface area contributed by atoms with Gasteiger partial charge in [0.2, 0.25) is 0 Å². The predicted octanol–water partition coefficient (Wildman–Crippen LogP) is 2.85. The van der Waals surface area contributed by atoms with Crippen molar-refractivity contribution in [2.75, 3.05) is 0 Å². The number of hydrogen-bond donors (Lipinski definition) is 1. The van der Waals surface area contributed by atoms with Gasteiger partial charge in [-0.15, -0.1) is 0 Å². The van der Waals surface area contributed by atoms with E-state index >= 15 is 0 Å². The van der Waals surface area contributed by atoms with Gasteiger partial charge in [-0.25, -0.2) is 0 Å². The maximum Gasteiger partial charge on any atom is 0.0445 e. The Kier molecular flexibility index (Phi) is 6.63. The second kappa shape index (κ2) is 8.22. The molecule has 0 radical (unpaired) electrons. The minimum atomic E-state index is -0.970. The third-order valence-electron chi connectivity index (χ3n) is 3.76. The molecule has 3 nitrogen and oxygen atoms in total. The molecule has 0 saturated carbocycles. The molecule has 0 aliphatic rings. The third-order valence-corrected chi connectivity index (χ3v) is 3.76. The van der Waals surface area contributed by atoms with Crippen LogP contribution in [-0.2, 0) is 17.6 Å². The Morgan fingerprint density at radius 3 is 1.62 bits per heavy atom. The summed E-state index contributed by atoms with van der Waals surface area (Å²) in [5.74, 6) is -1.39. The summed E-state index contributed by atoms with van der Waals surface area (Å²) in [5, 5.41) is 11.2. The van der Waals surface area contributed by atoms with Crippen LogP contribution in [0.2, 0.25) is 0 Å². The van der Waals surface area contributed by atoms with Gasteiger partial charge in [-0.3, -0.25) is 0 Å². The van der Waals surface area contributed by atoms with Gasteiger partial charge in [0.05, 0.1) is 0 Å². The molecule has 2 aromatic rings. The lowest BCUT2D eigenvalue weighted by atomic mass is 9.83. The molecular formula is C18H23NO2. The average molecular weight is 285 g/mol. The number of rotatable bonds is 6. The van der Waals surface area contributed by atoms with E-state index in [1.165, 1.54) is 11.1 Å². The zero-order chi connectivity index (χ0) is 14.4. The van der Waals surface area contributed by atoms with Crippen molar-refractivity contribution in [2.24, 2.45) is 11.8 Å². The fourth-order valence-electron chi connectivity index (χ4n) is 2.45. The lowest BCUT2D eigenvalue weighted by Crippen LogP contribution is -2.35. The van der Waals surface area contributed by atoms with Crippen molar-refractivity contribution in [3.63, 3.8) is 0 Å². The summed E-state index contributed by atoms with van der Waals surface area (Å²) < 4.78 is 0. The molecule has 21 heavy (non-hydrogen) atoms. The zero-order valence-electron chi connectivity index (χ0n) is 12.7. The van der Waals surface area contributed by atoms with Gasteiger partial charge in [-0.2, -0.15) is 0 Å². The Hall–Kier alpha value is -2.13. The lowest BCUT2D eigenvalue weighted by Gasteiger charge is -2.25. The molecule has 3 heteroatoms. The van der Waals surface area contributed by atoms with Crippen molar-refractivity contribution in [2.45, 2.75) is 19.8 Å². The highest BCUT2D eigenvalue weighted by Gasteiger charge is 2.19. The molecule has 0 amide bonds. The zero-order valence-corrected chi connectivity index (χ0v) is 12.7. The molecule has 0 saturated heterocycles. The van der Waals surface area contributed by atoms with Crippen LogP contribution in [0.5, 0.6) is 0 Å². The number of carbonyl (C=O) groups excluding carboxylic acids is 1. The fourth-order valence-corrected chi connectivity index (χ4v) is 2.45. The highest BCUT2D eigenvalue weighted by molar-refractivity contribution is 5.67. The van der Waals surface area contributed by atoms with E-state index in [1.54, 1.807) is 6.92 Å². The first kappa shape index (κ1) is 16.9. The minimum absolute atomic E-state index is 0. The first-order valence-corrected chi connectivity index (χ1v) is 6.95. The summed E-state index contributed by atoms with van der Waals surface area (Å²) in [6.45, 7) is 1.74. The maximum atomic E-state index is 11.2. The summed E-state index contributed by atoms with van der Waals surface area (Å²) in [4.78, 5) is 11.2. The number of benzene rings is 2. The fraction of sp³-hybridized carbons (Fsp3) is 0.278. The van der Waals surface area contributed by atoms with Gasteiger partial charge in [0.15, 0.2) is 0 Å². The summed E-state index contributed by atoms with van der Waals surface area (Å²) in [5.41, 5.74) is 2.34. The molecule has 0 fully saturated rings. The van der Waals surface area contributed by atoms with Crippen molar-refractivity contribution >= 4 is 5.97 Å². The van der Waals surface area contributed by atoms with Crippen LogP contribution in [0.4, 0.5) is 0 Å². The van der Waals surface area contributed by atoms with Crippen LogP contribution in [0.25, 0.3) is 0 Å². The smallest absolute Gasteiger partial charge is 0.0445 e. The Morgan fingerprint density at radius 1 is 0.905 bits per heavy atom. The Bertz CT molecular complexity index is 498. The van der Waals surface area contributed by atoms with E-state index in [4.69, 9.17) is 0 Å². The molecule has 4 N–H and O–H groups in total. The second-order valence-electron chi connectivity index (χ2n) is 5.25. The molecule has 0 aliphatic heterocycles. The summed E-state index contributed by atoms with van der Waals surface area (Å²) in [6.07, 6.45) is 1.51. The van der Waals surface area contributed by atoms with Crippen LogP contribution in [0.1, 0.15) is 18.1 Å². The standard InChI is InChI=1S/C18H20O2.H3N/c1-14(18(19)20)17(12-15-8-4-2-5-9-15)13-16-10-6-3-7-11-16;/h2-11,14,17H,12-13H2,1H3,(H,19,20);1H3. The second-order valence-corrected chi connectivity index (χ2v) is 5.25. The topological polar surface area (TPSA) is 76.6 Å². The van der Waals surface area contributed by atoms with E-state index in [0.717, 1.165) is 12.8 Å². The van der Waals surface area contributed by atoms with Crippen molar-refractivity contribution in [1.82, 2.24) is 6.15 Å². The van der Waals surface area contributed by atoms with Crippen molar-refractivity contribution in [1.29, 1.82) is 0 Å². The molecule has 0 heterocycles. The van der Waals surface area contributed by atoms with Crippen LogP contribution in [0, 0.1) is 11.8 Å². The largest absolute Gasteiger partial charge is 0.550 e. The molecule has 0 aliphatic carbocycles. The van der Waals surface area contributed by atoms with E-state index < -0.39 is 11.9 Å². The summed E-state index contributed by atoms with van der Waals surface area (Å²) in [7, 11) is 0. The van der Waals surface area contributed by atoms with Gasteiger partial charge in [-0.1, -0.05) is 67.6 Å². The SMILES string of the molecule is CC(C(=O)[O-])C(Cc1ccccc1)Cc1ccccc1.[NH4+]. The lowest BCUT2D eigenvalue weighted by molar-refractivity contribution is -0.312. The molecular weight excluding hydrogens is 262 g/mol. The summed E-state index contributed by atoms with van der Waals surface area (Å²) in [6, 6.07) is 20.0. The molecule has 0 aromatic heterocycles. The highest BCUT2D eigenvalue weighted by Crippen LogP contribution is 2.22. The first-order valence-electron chi connectivity index (χ1n) is 6.95. The Balaban J connectivity index is 0.00000220. The first-order chi connectivity index (χ1) is 9.66.